The van der Waals surface area contributed by atoms with Crippen molar-refractivity contribution in [1.29, 1.82) is 0 Å². The number of benzene rings is 1. The van der Waals surface area contributed by atoms with Crippen LogP contribution < -0.4 is 4.74 Å². The second kappa shape index (κ2) is 7.25. The molecular weight excluding hydrogens is 264 g/mol. The summed E-state index contributed by atoms with van der Waals surface area (Å²) in [4.78, 5) is 4.57. The molecule has 1 aromatic carbocycles. The molecule has 4 nitrogen and oxygen atoms in total. The molecule has 1 aromatic rings. The average molecular weight is 292 g/mol. The predicted octanol–water partition coefficient (Wildman–Crippen LogP) is 2.14. The molecule has 1 fully saturated rings. The fraction of sp³-hybridized carbons (Fsp3) is 0.647. The molecule has 0 saturated carbocycles. The average Bonchev–Trinajstić information content (AvgIpc) is 2.60. The van der Waals surface area contributed by atoms with Crippen molar-refractivity contribution < 1.29 is 9.84 Å². The Morgan fingerprint density at radius 2 is 1.81 bits per heavy atom. The van der Waals surface area contributed by atoms with Crippen molar-refractivity contribution in [3.8, 4) is 5.75 Å². The second-order valence-corrected chi connectivity index (χ2v) is 6.34. The van der Waals surface area contributed by atoms with Gasteiger partial charge in [0, 0.05) is 6.54 Å². The molecule has 1 aliphatic heterocycles. The van der Waals surface area contributed by atoms with E-state index in [-0.39, 0.29) is 12.1 Å². The van der Waals surface area contributed by atoms with Gasteiger partial charge < -0.3 is 14.7 Å². The zero-order chi connectivity index (χ0) is 15.4. The molecule has 4 heteroatoms. The second-order valence-electron chi connectivity index (χ2n) is 6.34. The first-order valence-electron chi connectivity index (χ1n) is 7.81. The molecule has 1 heterocycles. The fourth-order valence-electron chi connectivity index (χ4n) is 2.88. The maximum atomic E-state index is 10.7. The van der Waals surface area contributed by atoms with Gasteiger partial charge in [-0.2, -0.15) is 0 Å². The molecule has 0 bridgehead atoms. The summed E-state index contributed by atoms with van der Waals surface area (Å²) in [6, 6.07) is 7.97. The Kier molecular flexibility index (Phi) is 5.62. The van der Waals surface area contributed by atoms with Gasteiger partial charge in [-0.3, -0.25) is 4.90 Å². The van der Waals surface area contributed by atoms with Gasteiger partial charge in [0.15, 0.2) is 0 Å². The van der Waals surface area contributed by atoms with Gasteiger partial charge in [0.05, 0.1) is 18.2 Å². The van der Waals surface area contributed by atoms with E-state index < -0.39 is 6.10 Å². The van der Waals surface area contributed by atoms with Gasteiger partial charge in [0.2, 0.25) is 0 Å². The van der Waals surface area contributed by atoms with Crippen molar-refractivity contribution in [3.63, 3.8) is 0 Å². The number of hydrogen-bond donors (Lipinski definition) is 1. The van der Waals surface area contributed by atoms with Crippen LogP contribution in [-0.4, -0.2) is 60.8 Å². The lowest BCUT2D eigenvalue weighted by atomic mass is 10.0. The number of nitrogens with zero attached hydrogens (tertiary/aromatic N) is 2. The molecule has 0 amide bonds. The Labute approximate surface area is 128 Å². The summed E-state index contributed by atoms with van der Waals surface area (Å²) in [5, 5.41) is 10.7. The highest BCUT2D eigenvalue weighted by Gasteiger charge is 2.28. The minimum Gasteiger partial charge on any atom is -0.491 e. The van der Waals surface area contributed by atoms with Gasteiger partial charge in [-0.05, 0) is 65.1 Å². The lowest BCUT2D eigenvalue weighted by molar-refractivity contribution is 0.0572. The van der Waals surface area contributed by atoms with Crippen LogP contribution in [0.2, 0.25) is 0 Å². The van der Waals surface area contributed by atoms with E-state index in [0.717, 1.165) is 37.4 Å². The first-order chi connectivity index (χ1) is 9.97. The normalized spacial score (nSPS) is 23.0. The summed E-state index contributed by atoms with van der Waals surface area (Å²) in [6.45, 7) is 7.04. The minimum atomic E-state index is -0.469. The van der Waals surface area contributed by atoms with Crippen molar-refractivity contribution in [3.05, 3.63) is 29.8 Å². The smallest absolute Gasteiger partial charge is 0.119 e. The standard InChI is InChI=1S/C17H28N2O2/c1-13(2)21-15-8-6-14(7-9-15)17(20)16-12-18(3)10-5-11-19(16)4/h6-9,13,16-17,20H,5,10-12H2,1-4H3. The minimum absolute atomic E-state index is 0.134. The maximum Gasteiger partial charge on any atom is 0.119 e. The van der Waals surface area contributed by atoms with Gasteiger partial charge in [-0.25, -0.2) is 0 Å². The lowest BCUT2D eigenvalue weighted by Crippen LogP contribution is -2.42. The van der Waals surface area contributed by atoms with Crippen molar-refractivity contribution >= 4 is 0 Å². The molecule has 1 N–H and O–H groups in total. The van der Waals surface area contributed by atoms with Gasteiger partial charge in [0.1, 0.15) is 5.75 Å². The summed E-state index contributed by atoms with van der Waals surface area (Å²) in [5.41, 5.74) is 0.957. The number of likely N-dealkylation sites (N-methyl/N-ethyl adjacent to an activating group) is 2. The predicted molar refractivity (Wildman–Crippen MR) is 85.7 cm³/mol. The van der Waals surface area contributed by atoms with Crippen molar-refractivity contribution in [2.45, 2.75) is 38.5 Å². The first kappa shape index (κ1) is 16.3. The third kappa shape index (κ3) is 4.43. The Balaban J connectivity index is 2.08. The van der Waals surface area contributed by atoms with E-state index in [4.69, 9.17) is 4.74 Å². The number of aliphatic hydroxyl groups is 1. The summed E-state index contributed by atoms with van der Waals surface area (Å²) in [6.07, 6.45) is 0.850. The summed E-state index contributed by atoms with van der Waals surface area (Å²) in [7, 11) is 4.22. The highest BCUT2D eigenvalue weighted by molar-refractivity contribution is 5.29. The van der Waals surface area contributed by atoms with E-state index in [2.05, 4.69) is 23.9 Å². The van der Waals surface area contributed by atoms with Gasteiger partial charge in [-0.15, -0.1) is 0 Å². The van der Waals surface area contributed by atoms with Crippen LogP contribution >= 0.6 is 0 Å². The topological polar surface area (TPSA) is 35.9 Å². The molecule has 2 unspecified atom stereocenters. The van der Waals surface area contributed by atoms with E-state index in [1.165, 1.54) is 0 Å². The molecule has 0 spiro atoms. The Morgan fingerprint density at radius 3 is 2.43 bits per heavy atom. The zero-order valence-electron chi connectivity index (χ0n) is 13.6. The molecule has 21 heavy (non-hydrogen) atoms. The highest BCUT2D eigenvalue weighted by atomic mass is 16.5. The van der Waals surface area contributed by atoms with Crippen LogP contribution in [0.15, 0.2) is 24.3 Å². The van der Waals surface area contributed by atoms with E-state index in [1.54, 1.807) is 0 Å². The van der Waals surface area contributed by atoms with E-state index in [9.17, 15) is 5.11 Å². The molecule has 1 saturated heterocycles. The van der Waals surface area contributed by atoms with E-state index in [1.807, 2.05) is 38.1 Å². The van der Waals surface area contributed by atoms with E-state index >= 15 is 0 Å². The lowest BCUT2D eigenvalue weighted by Gasteiger charge is -2.31. The number of aliphatic hydroxyl groups excluding tert-OH is 1. The molecule has 0 radical (unpaired) electrons. The van der Waals surface area contributed by atoms with Crippen LogP contribution in [0, 0.1) is 0 Å². The largest absolute Gasteiger partial charge is 0.491 e. The van der Waals surface area contributed by atoms with Crippen LogP contribution in [0.5, 0.6) is 5.75 Å². The van der Waals surface area contributed by atoms with Gasteiger partial charge in [-0.1, -0.05) is 12.1 Å². The quantitative estimate of drug-likeness (QED) is 0.922. The van der Waals surface area contributed by atoms with Crippen LogP contribution in [0.3, 0.4) is 0 Å². The summed E-state index contributed by atoms with van der Waals surface area (Å²) < 4.78 is 5.65. The number of rotatable bonds is 4. The Hall–Kier alpha value is -1.10. The van der Waals surface area contributed by atoms with Crippen LogP contribution in [0.4, 0.5) is 0 Å². The number of ether oxygens (including phenoxy) is 1. The molecule has 2 atom stereocenters. The SMILES string of the molecule is CC(C)Oc1ccc(C(O)C2CN(C)CCCN2C)cc1. The van der Waals surface area contributed by atoms with Crippen LogP contribution in [0.1, 0.15) is 31.9 Å². The molecule has 2 rings (SSSR count). The molecule has 118 valence electrons. The summed E-state index contributed by atoms with van der Waals surface area (Å²) in [5.74, 6) is 0.854. The van der Waals surface area contributed by atoms with Gasteiger partial charge in [0.25, 0.3) is 0 Å². The third-order valence-electron chi connectivity index (χ3n) is 4.07. The monoisotopic (exact) mass is 292 g/mol. The van der Waals surface area contributed by atoms with Crippen molar-refractivity contribution in [2.24, 2.45) is 0 Å². The fourth-order valence-corrected chi connectivity index (χ4v) is 2.88. The third-order valence-corrected chi connectivity index (χ3v) is 4.07. The van der Waals surface area contributed by atoms with Crippen LogP contribution in [0.25, 0.3) is 0 Å². The summed E-state index contributed by atoms with van der Waals surface area (Å²) >= 11 is 0. The Bertz CT molecular complexity index is 433. The van der Waals surface area contributed by atoms with E-state index in [0.29, 0.717) is 0 Å². The van der Waals surface area contributed by atoms with Gasteiger partial charge >= 0.3 is 0 Å². The molecule has 1 aliphatic rings. The molecule has 0 aliphatic carbocycles. The van der Waals surface area contributed by atoms with Crippen molar-refractivity contribution in [2.75, 3.05) is 33.7 Å². The first-order valence-corrected chi connectivity index (χ1v) is 7.81. The molecular formula is C17H28N2O2. The zero-order valence-corrected chi connectivity index (χ0v) is 13.6. The number of hydrogen-bond acceptors (Lipinski definition) is 4. The van der Waals surface area contributed by atoms with Crippen LogP contribution in [-0.2, 0) is 0 Å². The Morgan fingerprint density at radius 1 is 1.14 bits per heavy atom. The van der Waals surface area contributed by atoms with Crippen molar-refractivity contribution in [1.82, 2.24) is 9.80 Å². The molecule has 0 aromatic heterocycles. The highest BCUT2D eigenvalue weighted by Crippen LogP contribution is 2.25. The maximum absolute atomic E-state index is 10.7.